The number of aromatic nitrogens is 3. The lowest BCUT2D eigenvalue weighted by Gasteiger charge is -2.21. The summed E-state index contributed by atoms with van der Waals surface area (Å²) < 4.78 is 8.79. The van der Waals surface area contributed by atoms with Crippen molar-refractivity contribution in [3.05, 3.63) is 76.4 Å². The van der Waals surface area contributed by atoms with Gasteiger partial charge in [0.05, 0.1) is 18.5 Å². The number of hydrogen-bond donors (Lipinski definition) is 0. The molecule has 1 fully saturated rings. The van der Waals surface area contributed by atoms with Crippen LogP contribution in [0.25, 0.3) is 22.3 Å². The summed E-state index contributed by atoms with van der Waals surface area (Å²) in [5, 5.41) is 5.12. The summed E-state index contributed by atoms with van der Waals surface area (Å²) in [4.78, 5) is 15.5. The smallest absolute Gasteiger partial charge is 0.282 e. The maximum absolute atomic E-state index is 13.2. The minimum Gasteiger partial charge on any atom is -0.495 e. The maximum atomic E-state index is 13.2. The molecule has 0 N–H and O–H groups in total. The van der Waals surface area contributed by atoms with Crippen molar-refractivity contribution < 1.29 is 4.74 Å². The van der Waals surface area contributed by atoms with Crippen molar-refractivity contribution in [1.82, 2.24) is 14.2 Å². The van der Waals surface area contributed by atoms with Crippen LogP contribution < -0.4 is 15.2 Å². The average molecular weight is 421 g/mol. The van der Waals surface area contributed by atoms with Gasteiger partial charge in [-0.2, -0.15) is 5.10 Å². The summed E-state index contributed by atoms with van der Waals surface area (Å²) in [6.07, 6.45) is 5.77. The van der Waals surface area contributed by atoms with Gasteiger partial charge in [0.2, 0.25) is 0 Å². The van der Waals surface area contributed by atoms with E-state index >= 15 is 0 Å². The Morgan fingerprint density at radius 2 is 1.77 bits per heavy atom. The van der Waals surface area contributed by atoms with E-state index in [9.17, 15) is 4.79 Å². The van der Waals surface area contributed by atoms with Crippen LogP contribution in [-0.4, -0.2) is 34.4 Å². The highest BCUT2D eigenvalue weighted by Gasteiger charge is 2.18. The van der Waals surface area contributed by atoms with Crippen LogP contribution in [0.15, 0.2) is 65.8 Å². The highest BCUT2D eigenvalue weighted by Crippen LogP contribution is 2.32. The highest BCUT2D eigenvalue weighted by molar-refractivity contribution is 6.30. The molecule has 0 spiro atoms. The Balaban J connectivity index is 1.57. The Hall–Kier alpha value is -3.25. The minimum absolute atomic E-state index is 0.138. The summed E-state index contributed by atoms with van der Waals surface area (Å²) in [6, 6.07) is 15.2. The van der Waals surface area contributed by atoms with Crippen LogP contribution in [-0.2, 0) is 0 Å². The molecule has 1 saturated heterocycles. The number of nitrogens with zero attached hydrogens (tertiary/aromatic N) is 4. The van der Waals surface area contributed by atoms with Crippen LogP contribution in [0, 0.1) is 0 Å². The second-order valence-corrected chi connectivity index (χ2v) is 7.86. The quantitative estimate of drug-likeness (QED) is 0.490. The van der Waals surface area contributed by atoms with E-state index < -0.39 is 0 Å². The van der Waals surface area contributed by atoms with Crippen molar-refractivity contribution in [2.24, 2.45) is 0 Å². The molecule has 152 valence electrons. The third kappa shape index (κ3) is 3.23. The second-order valence-electron chi connectivity index (χ2n) is 7.42. The molecule has 5 rings (SSSR count). The van der Waals surface area contributed by atoms with Gasteiger partial charge in [0.15, 0.2) is 0 Å². The normalized spacial score (nSPS) is 13.9. The first kappa shape index (κ1) is 18.8. The number of methoxy groups -OCH3 is 1. The fraction of sp³-hybridized carbons (Fsp3) is 0.217. The minimum atomic E-state index is -0.138. The monoisotopic (exact) mass is 420 g/mol. The molecule has 0 radical (unpaired) electrons. The Labute approximate surface area is 178 Å². The van der Waals surface area contributed by atoms with E-state index in [1.54, 1.807) is 22.5 Å². The Morgan fingerprint density at radius 3 is 2.50 bits per heavy atom. The van der Waals surface area contributed by atoms with Gasteiger partial charge in [-0.1, -0.05) is 23.7 Å². The lowest BCUT2D eigenvalue weighted by atomic mass is 10.1. The number of benzene rings is 2. The molecule has 3 heterocycles. The van der Waals surface area contributed by atoms with Gasteiger partial charge in [0.25, 0.3) is 5.56 Å². The van der Waals surface area contributed by atoms with Crippen molar-refractivity contribution in [2.75, 3.05) is 25.1 Å². The van der Waals surface area contributed by atoms with Crippen molar-refractivity contribution in [3.63, 3.8) is 0 Å². The predicted octanol–water partition coefficient (Wildman–Crippen LogP) is 4.41. The fourth-order valence-electron chi connectivity index (χ4n) is 4.01. The van der Waals surface area contributed by atoms with Crippen LogP contribution in [0.4, 0.5) is 5.69 Å². The van der Waals surface area contributed by atoms with Gasteiger partial charge in [-0.05, 0) is 48.7 Å². The number of anilines is 1. The van der Waals surface area contributed by atoms with Crippen LogP contribution in [0.1, 0.15) is 12.8 Å². The van der Waals surface area contributed by atoms with E-state index in [0.717, 1.165) is 41.3 Å². The second kappa shape index (κ2) is 7.54. The summed E-state index contributed by atoms with van der Waals surface area (Å²) in [6.45, 7) is 2.06. The molecule has 0 saturated carbocycles. The average Bonchev–Trinajstić information content (AvgIpc) is 3.45. The molecule has 0 aliphatic carbocycles. The Kier molecular flexibility index (Phi) is 4.71. The van der Waals surface area contributed by atoms with Gasteiger partial charge in [-0.25, -0.2) is 4.52 Å². The van der Waals surface area contributed by atoms with E-state index in [-0.39, 0.29) is 5.56 Å². The largest absolute Gasteiger partial charge is 0.495 e. The molecular weight excluding hydrogens is 400 g/mol. The molecule has 2 aromatic heterocycles. The van der Waals surface area contributed by atoms with Gasteiger partial charge < -0.3 is 9.64 Å². The third-order valence-corrected chi connectivity index (χ3v) is 5.85. The molecule has 4 aromatic rings. The number of rotatable bonds is 4. The van der Waals surface area contributed by atoms with Crippen molar-refractivity contribution in [1.29, 1.82) is 0 Å². The maximum Gasteiger partial charge on any atom is 0.282 e. The fourth-order valence-corrected chi connectivity index (χ4v) is 4.14. The molecule has 0 amide bonds. The van der Waals surface area contributed by atoms with Crippen molar-refractivity contribution in [2.45, 2.75) is 12.8 Å². The topological polar surface area (TPSA) is 51.8 Å². The first-order valence-electron chi connectivity index (χ1n) is 9.93. The zero-order chi connectivity index (χ0) is 20.7. The molecule has 6 nitrogen and oxygen atoms in total. The molecular formula is C23H21ClN4O2. The van der Waals surface area contributed by atoms with Crippen LogP contribution >= 0.6 is 11.6 Å². The first-order valence-corrected chi connectivity index (χ1v) is 10.3. The van der Waals surface area contributed by atoms with Gasteiger partial charge in [-0.15, -0.1) is 0 Å². The summed E-state index contributed by atoms with van der Waals surface area (Å²) in [5.41, 5.74) is 4.05. The van der Waals surface area contributed by atoms with Gasteiger partial charge in [0, 0.05) is 35.9 Å². The molecule has 30 heavy (non-hydrogen) atoms. The van der Waals surface area contributed by atoms with E-state index in [1.807, 2.05) is 54.7 Å². The van der Waals surface area contributed by atoms with E-state index in [2.05, 4.69) is 10.00 Å². The van der Waals surface area contributed by atoms with Gasteiger partial charge in [0.1, 0.15) is 17.6 Å². The zero-order valence-electron chi connectivity index (χ0n) is 16.6. The predicted molar refractivity (Wildman–Crippen MR) is 119 cm³/mol. The zero-order valence-corrected chi connectivity index (χ0v) is 17.3. The van der Waals surface area contributed by atoms with Gasteiger partial charge >= 0.3 is 0 Å². The van der Waals surface area contributed by atoms with E-state index in [4.69, 9.17) is 16.3 Å². The van der Waals surface area contributed by atoms with Crippen molar-refractivity contribution >= 4 is 22.8 Å². The highest BCUT2D eigenvalue weighted by atomic mass is 35.5. The molecule has 0 atom stereocenters. The summed E-state index contributed by atoms with van der Waals surface area (Å²) in [5.74, 6) is 0.762. The summed E-state index contributed by atoms with van der Waals surface area (Å²) in [7, 11) is 1.66. The molecule has 0 bridgehead atoms. The van der Waals surface area contributed by atoms with Crippen LogP contribution in [0.2, 0.25) is 5.02 Å². The molecule has 0 unspecified atom stereocenters. The third-order valence-electron chi connectivity index (χ3n) is 5.60. The lowest BCUT2D eigenvalue weighted by molar-refractivity contribution is 0.414. The molecule has 1 aliphatic rings. The number of halogens is 1. The van der Waals surface area contributed by atoms with E-state index in [1.165, 1.54) is 12.8 Å². The van der Waals surface area contributed by atoms with Crippen LogP contribution in [0.3, 0.4) is 0 Å². The number of hydrogen-bond acceptors (Lipinski definition) is 4. The van der Waals surface area contributed by atoms with E-state index in [0.29, 0.717) is 10.5 Å². The van der Waals surface area contributed by atoms with Crippen molar-refractivity contribution in [3.8, 4) is 22.6 Å². The number of ether oxygens (including phenoxy) is 1. The Morgan fingerprint density at radius 1 is 1.00 bits per heavy atom. The standard InChI is InChI=1S/C23H21ClN4O2/c1-30-22-13-19(8-9-20(22)26-10-2-3-11-26)27-15-25-28-14-17(12-21(28)23(27)29)16-4-6-18(24)7-5-16/h4-9,12-15H,2-3,10-11H2,1H3. The first-order chi connectivity index (χ1) is 14.6. The lowest BCUT2D eigenvalue weighted by Crippen LogP contribution is -2.22. The molecule has 2 aromatic carbocycles. The molecule has 1 aliphatic heterocycles. The summed E-state index contributed by atoms with van der Waals surface area (Å²) >= 11 is 5.98. The van der Waals surface area contributed by atoms with Gasteiger partial charge in [-0.3, -0.25) is 9.36 Å². The molecule has 7 heteroatoms. The van der Waals surface area contributed by atoms with Crippen LogP contribution in [0.5, 0.6) is 5.75 Å². The SMILES string of the molecule is COc1cc(-n2cnn3cc(-c4ccc(Cl)cc4)cc3c2=O)ccc1N1CCCC1. The Bertz CT molecular complexity index is 1270. The number of fused-ring (bicyclic) bond motifs is 1.